The maximum atomic E-state index is 10.7. The van der Waals surface area contributed by atoms with Crippen LogP contribution in [0.1, 0.15) is 0 Å². The average molecular weight is 230 g/mol. The van der Waals surface area contributed by atoms with Crippen LogP contribution in [0.15, 0.2) is 23.1 Å². The third-order valence-corrected chi connectivity index (χ3v) is 2.07. The van der Waals surface area contributed by atoms with E-state index in [0.29, 0.717) is 6.08 Å². The van der Waals surface area contributed by atoms with Crippen molar-refractivity contribution in [3.05, 3.63) is 23.1 Å². The molecule has 0 atom stereocenters. The van der Waals surface area contributed by atoms with Gasteiger partial charge in [0.1, 0.15) is 4.91 Å². The van der Waals surface area contributed by atoms with E-state index >= 15 is 0 Å². The SMILES string of the molecule is O=C1C=CC(=O)C(S(=O)(=O)O)=C1.[CaH2]. The molecule has 7 heteroatoms. The van der Waals surface area contributed by atoms with E-state index in [4.69, 9.17) is 4.55 Å². The van der Waals surface area contributed by atoms with Crippen LogP contribution in [0.3, 0.4) is 0 Å². The number of carbonyl (C=O) groups excluding carboxylic acids is 2. The zero-order chi connectivity index (χ0) is 9.35. The Bertz CT molecular complexity index is 403. The van der Waals surface area contributed by atoms with Crippen LogP contribution in [0.25, 0.3) is 0 Å². The molecule has 1 rings (SSSR count). The predicted octanol–water partition coefficient (Wildman–Crippen LogP) is -1.45. The van der Waals surface area contributed by atoms with Gasteiger partial charge in [-0.15, -0.1) is 0 Å². The Morgan fingerprint density at radius 1 is 1.15 bits per heavy atom. The maximum absolute atomic E-state index is 10.7. The number of carbonyl (C=O) groups is 2. The molecule has 5 nitrogen and oxygen atoms in total. The average Bonchev–Trinajstić information content (AvgIpc) is 1.92. The molecule has 0 bridgehead atoms. The number of ketones is 2. The van der Waals surface area contributed by atoms with E-state index in [1.54, 1.807) is 0 Å². The van der Waals surface area contributed by atoms with Crippen molar-refractivity contribution in [3.63, 3.8) is 0 Å². The quantitative estimate of drug-likeness (QED) is 0.338. The van der Waals surface area contributed by atoms with Crippen LogP contribution in [0.2, 0.25) is 0 Å². The molecule has 13 heavy (non-hydrogen) atoms. The summed E-state index contributed by atoms with van der Waals surface area (Å²) in [7, 11) is -4.57. The van der Waals surface area contributed by atoms with E-state index in [1.807, 2.05) is 0 Å². The Morgan fingerprint density at radius 3 is 2.08 bits per heavy atom. The molecule has 0 aromatic carbocycles. The third-order valence-electron chi connectivity index (χ3n) is 1.19. The first-order valence-corrected chi connectivity index (χ1v) is 4.31. The van der Waals surface area contributed by atoms with Crippen molar-refractivity contribution >= 4 is 59.4 Å². The number of allylic oxidation sites excluding steroid dienone is 4. The van der Waals surface area contributed by atoms with Crippen LogP contribution in [-0.2, 0) is 19.7 Å². The molecule has 0 aliphatic heterocycles. The van der Waals surface area contributed by atoms with E-state index in [0.717, 1.165) is 12.2 Å². The van der Waals surface area contributed by atoms with Crippen molar-refractivity contribution in [2.45, 2.75) is 0 Å². The Hall–Kier alpha value is -0.0103. The molecule has 0 radical (unpaired) electrons. The molecule has 0 spiro atoms. The predicted molar refractivity (Wildman–Crippen MR) is 47.3 cm³/mol. The minimum atomic E-state index is -4.57. The van der Waals surface area contributed by atoms with E-state index in [1.165, 1.54) is 0 Å². The molecule has 1 aliphatic carbocycles. The van der Waals surface area contributed by atoms with E-state index in [9.17, 15) is 18.0 Å². The van der Waals surface area contributed by atoms with Crippen molar-refractivity contribution in [1.29, 1.82) is 0 Å². The second-order valence-electron chi connectivity index (χ2n) is 2.08. The molecule has 0 unspecified atom stereocenters. The second-order valence-corrected chi connectivity index (χ2v) is 3.47. The van der Waals surface area contributed by atoms with Crippen LogP contribution in [0, 0.1) is 0 Å². The Morgan fingerprint density at radius 2 is 1.69 bits per heavy atom. The summed E-state index contributed by atoms with van der Waals surface area (Å²) >= 11 is 0. The van der Waals surface area contributed by atoms with Crippen molar-refractivity contribution in [3.8, 4) is 0 Å². The summed E-state index contributed by atoms with van der Waals surface area (Å²) in [6.45, 7) is 0. The van der Waals surface area contributed by atoms with Crippen molar-refractivity contribution in [1.82, 2.24) is 0 Å². The summed E-state index contributed by atoms with van der Waals surface area (Å²) in [6, 6.07) is 0. The molecule has 1 N–H and O–H groups in total. The first-order valence-electron chi connectivity index (χ1n) is 2.87. The van der Waals surface area contributed by atoms with Gasteiger partial charge in [-0.2, -0.15) is 8.42 Å². The van der Waals surface area contributed by atoms with Crippen LogP contribution in [0.4, 0.5) is 0 Å². The first-order chi connectivity index (χ1) is 5.41. The molecule has 0 aromatic rings. The molecule has 0 saturated heterocycles. The zero-order valence-electron chi connectivity index (χ0n) is 5.72. The molecule has 0 aromatic heterocycles. The Kier molecular flexibility index (Phi) is 4.47. The normalized spacial score (nSPS) is 16.5. The molecule has 0 amide bonds. The van der Waals surface area contributed by atoms with E-state index in [-0.39, 0.29) is 37.7 Å². The molecule has 1 aliphatic rings. The molecule has 0 fully saturated rings. The topological polar surface area (TPSA) is 88.5 Å². The van der Waals surface area contributed by atoms with Gasteiger partial charge in [0.2, 0.25) is 0 Å². The van der Waals surface area contributed by atoms with Crippen LogP contribution >= 0.6 is 0 Å². The molecule has 0 saturated carbocycles. The van der Waals surface area contributed by atoms with Crippen LogP contribution in [-0.4, -0.2) is 62.3 Å². The number of hydrogen-bond donors (Lipinski definition) is 1. The van der Waals surface area contributed by atoms with Gasteiger partial charge in [0.25, 0.3) is 10.1 Å². The fourth-order valence-electron chi connectivity index (χ4n) is 0.690. The van der Waals surface area contributed by atoms with Gasteiger partial charge in [-0.05, 0) is 12.2 Å². The van der Waals surface area contributed by atoms with Gasteiger partial charge in [0.05, 0.1) is 0 Å². The van der Waals surface area contributed by atoms with Gasteiger partial charge >= 0.3 is 37.7 Å². The Labute approximate surface area is 104 Å². The van der Waals surface area contributed by atoms with Crippen molar-refractivity contribution in [2.75, 3.05) is 0 Å². The van der Waals surface area contributed by atoms with Gasteiger partial charge in [0, 0.05) is 6.08 Å². The molecular formula is C6H6CaO5S. The molecule has 68 valence electrons. The van der Waals surface area contributed by atoms with Gasteiger partial charge in [-0.25, -0.2) is 0 Å². The number of hydrogen-bond acceptors (Lipinski definition) is 4. The van der Waals surface area contributed by atoms with Crippen molar-refractivity contribution in [2.24, 2.45) is 0 Å². The summed E-state index contributed by atoms with van der Waals surface area (Å²) in [5.74, 6) is -1.53. The third kappa shape index (κ3) is 3.32. The minimum absolute atomic E-state index is 0. The van der Waals surface area contributed by atoms with Gasteiger partial charge in [-0.3, -0.25) is 14.1 Å². The van der Waals surface area contributed by atoms with E-state index < -0.39 is 26.6 Å². The molecular weight excluding hydrogens is 224 g/mol. The van der Waals surface area contributed by atoms with Gasteiger partial charge in [-0.1, -0.05) is 0 Å². The summed E-state index contributed by atoms with van der Waals surface area (Å²) in [4.78, 5) is 20.4. The summed E-state index contributed by atoms with van der Waals surface area (Å²) in [5.41, 5.74) is 0. The molecule has 0 heterocycles. The summed E-state index contributed by atoms with van der Waals surface area (Å²) in [6.07, 6.45) is 2.31. The monoisotopic (exact) mass is 230 g/mol. The second kappa shape index (κ2) is 4.47. The zero-order valence-corrected chi connectivity index (χ0v) is 6.54. The standard InChI is InChI=1S/C6H4O5S.Ca.2H/c7-4-1-2-5(8)6(3-4)12(9,10)11;;;/h1-3H,(H,9,10,11);;;. The van der Waals surface area contributed by atoms with Gasteiger partial charge in [0.15, 0.2) is 11.6 Å². The fraction of sp³-hybridized carbons (Fsp3) is 0. The van der Waals surface area contributed by atoms with Crippen LogP contribution < -0.4 is 0 Å². The van der Waals surface area contributed by atoms with E-state index in [2.05, 4.69) is 0 Å². The summed E-state index contributed by atoms with van der Waals surface area (Å²) < 4.78 is 29.3. The van der Waals surface area contributed by atoms with Gasteiger partial charge < -0.3 is 0 Å². The van der Waals surface area contributed by atoms with Crippen LogP contribution in [0.5, 0.6) is 0 Å². The number of rotatable bonds is 1. The fourth-order valence-corrected chi connectivity index (χ4v) is 1.28. The first kappa shape index (κ1) is 13.0. The van der Waals surface area contributed by atoms with Crippen molar-refractivity contribution < 1.29 is 22.6 Å². The Balaban J connectivity index is 0.00000144. The summed E-state index contributed by atoms with van der Waals surface area (Å²) in [5, 5.41) is 0.